The van der Waals surface area contributed by atoms with Crippen LogP contribution in [0.3, 0.4) is 0 Å². The van der Waals surface area contributed by atoms with Crippen LogP contribution in [0, 0.1) is 5.92 Å². The molecule has 0 bridgehead atoms. The Labute approximate surface area is 215 Å². The number of benzene rings is 2. The molecule has 1 aromatic heterocycles. The van der Waals surface area contributed by atoms with Crippen molar-refractivity contribution in [2.45, 2.75) is 39.3 Å². The molecule has 0 fully saturated rings. The zero-order chi connectivity index (χ0) is 25.6. The molecule has 1 aliphatic carbocycles. The number of hydrogen-bond donors (Lipinski definition) is 0. The average molecular weight is 498 g/mol. The molecule has 0 saturated carbocycles. The molecule has 1 unspecified atom stereocenters. The third-order valence-corrected chi connectivity index (χ3v) is 6.41. The Morgan fingerprint density at radius 1 is 1.03 bits per heavy atom. The first-order valence-electron chi connectivity index (χ1n) is 12.6. The Morgan fingerprint density at radius 3 is 2.62 bits per heavy atom. The van der Waals surface area contributed by atoms with Gasteiger partial charge >= 0.3 is 11.9 Å². The molecule has 5 rings (SSSR count). The van der Waals surface area contributed by atoms with Gasteiger partial charge in [0.05, 0.1) is 6.54 Å². The monoisotopic (exact) mass is 497 g/mol. The second kappa shape index (κ2) is 11.2. The van der Waals surface area contributed by atoms with Crippen molar-refractivity contribution in [3.8, 4) is 17.1 Å². The zero-order valence-corrected chi connectivity index (χ0v) is 20.7. The number of amides is 3. The number of carbonyl (C=O) groups is 2. The number of unbranched alkanes of at least 4 members (excludes halogenated alkanes) is 2. The summed E-state index contributed by atoms with van der Waals surface area (Å²) in [6, 6.07) is 17.1. The molecule has 0 radical (unpaired) electrons. The van der Waals surface area contributed by atoms with Crippen molar-refractivity contribution in [2.75, 3.05) is 6.54 Å². The van der Waals surface area contributed by atoms with Gasteiger partial charge in [0.1, 0.15) is 24.0 Å². The van der Waals surface area contributed by atoms with Gasteiger partial charge in [-0.2, -0.15) is 19.3 Å². The smallest absolute Gasteiger partial charge is 0.489 e. The summed E-state index contributed by atoms with van der Waals surface area (Å²) in [6.45, 7) is 3.06. The molecular formula is C29H29N4O4+. The van der Waals surface area contributed by atoms with Crippen molar-refractivity contribution in [1.29, 1.82) is 0 Å². The molecule has 2 heterocycles. The standard InChI is InChI=1S/C29H29N4O4/c1-2-3-9-18-32-28(34)24-12-7-8-13-25(24)33(29(32)35)19-26-30-27(31-37-26)22-14-16-23(17-15-22)36-20-21-10-5-4-6-11-21/h4-8,10-17,24H,2-3,9,18-20H2,1H3/q+1. The Hall–Kier alpha value is -4.33. The predicted octanol–water partition coefficient (Wildman–Crippen LogP) is 5.16. The molecule has 8 heteroatoms. The highest BCUT2D eigenvalue weighted by Crippen LogP contribution is 2.24. The first-order valence-corrected chi connectivity index (χ1v) is 12.6. The number of rotatable bonds is 10. The number of hydrogen-bond acceptors (Lipinski definition) is 6. The van der Waals surface area contributed by atoms with E-state index in [4.69, 9.17) is 9.26 Å². The van der Waals surface area contributed by atoms with Gasteiger partial charge in [-0.25, -0.2) is 4.79 Å². The molecule has 0 saturated heterocycles. The molecule has 3 amide bonds. The van der Waals surface area contributed by atoms with Crippen LogP contribution < -0.4 is 4.74 Å². The van der Waals surface area contributed by atoms with Crippen molar-refractivity contribution >= 4 is 17.6 Å². The fourth-order valence-corrected chi connectivity index (χ4v) is 4.41. The summed E-state index contributed by atoms with van der Waals surface area (Å²) in [4.78, 5) is 32.2. The van der Waals surface area contributed by atoms with Crippen LogP contribution in [0.4, 0.5) is 4.79 Å². The van der Waals surface area contributed by atoms with E-state index < -0.39 is 5.92 Å². The summed E-state index contributed by atoms with van der Waals surface area (Å²) in [6.07, 6.45) is 10.0. The van der Waals surface area contributed by atoms with Gasteiger partial charge in [-0.05, 0) is 48.7 Å². The second-order valence-corrected chi connectivity index (χ2v) is 9.02. The van der Waals surface area contributed by atoms with Gasteiger partial charge in [0.25, 0.3) is 5.89 Å². The molecule has 2 aliphatic rings. The normalized spacial score (nSPS) is 16.9. The quantitative estimate of drug-likeness (QED) is 0.284. The molecule has 3 aromatic rings. The summed E-state index contributed by atoms with van der Waals surface area (Å²) in [5.74, 6) is 0.780. The van der Waals surface area contributed by atoms with Crippen LogP contribution >= 0.6 is 0 Å². The van der Waals surface area contributed by atoms with Gasteiger partial charge < -0.3 is 9.26 Å². The minimum Gasteiger partial charge on any atom is -0.489 e. The molecule has 37 heavy (non-hydrogen) atoms. The van der Waals surface area contributed by atoms with Crippen molar-refractivity contribution in [3.05, 3.63) is 90.4 Å². The summed E-state index contributed by atoms with van der Waals surface area (Å²) in [5, 5.41) is 4.11. The summed E-state index contributed by atoms with van der Waals surface area (Å²) < 4.78 is 12.9. The first kappa shape index (κ1) is 24.4. The molecule has 1 atom stereocenters. The minimum absolute atomic E-state index is 0.0890. The van der Waals surface area contributed by atoms with Gasteiger partial charge in [0.15, 0.2) is 6.54 Å². The molecular weight excluding hydrogens is 468 g/mol. The van der Waals surface area contributed by atoms with Crippen molar-refractivity contribution in [2.24, 2.45) is 5.92 Å². The lowest BCUT2D eigenvalue weighted by molar-refractivity contribution is -0.460. The predicted molar refractivity (Wildman–Crippen MR) is 138 cm³/mol. The number of imide groups is 1. The van der Waals surface area contributed by atoms with E-state index in [0.29, 0.717) is 30.6 Å². The van der Waals surface area contributed by atoms with E-state index >= 15 is 0 Å². The Morgan fingerprint density at radius 2 is 1.84 bits per heavy atom. The highest BCUT2D eigenvalue weighted by Gasteiger charge is 2.46. The van der Waals surface area contributed by atoms with Gasteiger partial charge in [0.2, 0.25) is 5.82 Å². The van der Waals surface area contributed by atoms with E-state index in [2.05, 4.69) is 17.1 Å². The van der Waals surface area contributed by atoms with Crippen LogP contribution in [0.15, 0.2) is 83.4 Å². The van der Waals surface area contributed by atoms with Gasteiger partial charge in [0, 0.05) is 5.56 Å². The van der Waals surface area contributed by atoms with Crippen molar-refractivity contribution < 1.29 is 23.4 Å². The topological polar surface area (TPSA) is 88.5 Å². The maximum absolute atomic E-state index is 13.3. The molecule has 0 spiro atoms. The van der Waals surface area contributed by atoms with E-state index in [9.17, 15) is 9.59 Å². The molecule has 188 valence electrons. The highest BCUT2D eigenvalue weighted by molar-refractivity contribution is 6.16. The van der Waals surface area contributed by atoms with E-state index in [0.717, 1.165) is 36.1 Å². The van der Waals surface area contributed by atoms with Crippen LogP contribution in [-0.4, -0.2) is 43.8 Å². The number of aromatic nitrogens is 2. The van der Waals surface area contributed by atoms with E-state index in [1.165, 1.54) is 4.90 Å². The summed E-state index contributed by atoms with van der Waals surface area (Å²) in [7, 11) is 0. The third-order valence-electron chi connectivity index (χ3n) is 6.41. The maximum atomic E-state index is 13.3. The number of carbonyl (C=O) groups excluding carboxylic acids is 2. The SMILES string of the molecule is CCCCCN1C(=O)C2C=CC=CC2=[N+](Cc2nc(-c3ccc(OCc4ccccc4)cc3)no2)C1=O. The van der Waals surface area contributed by atoms with Crippen molar-refractivity contribution in [3.63, 3.8) is 0 Å². The van der Waals surface area contributed by atoms with Crippen molar-refractivity contribution in [1.82, 2.24) is 15.0 Å². The molecule has 1 aliphatic heterocycles. The fourth-order valence-electron chi connectivity index (χ4n) is 4.41. The number of ether oxygens (including phenoxy) is 1. The third kappa shape index (κ3) is 5.43. The average Bonchev–Trinajstić information content (AvgIpc) is 3.41. The van der Waals surface area contributed by atoms with Crippen LogP contribution in [0.2, 0.25) is 0 Å². The first-order chi connectivity index (χ1) is 18.1. The fraction of sp³-hybridized carbons (Fsp3) is 0.276. The molecule has 8 nitrogen and oxygen atoms in total. The maximum Gasteiger partial charge on any atom is 0.501 e. The highest BCUT2D eigenvalue weighted by atomic mass is 16.5. The lowest BCUT2D eigenvalue weighted by Crippen LogP contribution is -2.54. The van der Waals surface area contributed by atoms with Crippen LogP contribution in [0.5, 0.6) is 5.75 Å². The summed E-state index contributed by atoms with van der Waals surface area (Å²) in [5.41, 5.74) is 2.49. The van der Waals surface area contributed by atoms with Gasteiger partial charge in [-0.15, -0.1) is 0 Å². The van der Waals surface area contributed by atoms with Gasteiger partial charge in [-0.1, -0.05) is 67.1 Å². The number of fused-ring (bicyclic) bond motifs is 1. The van der Waals surface area contributed by atoms with E-state index in [1.807, 2.05) is 72.8 Å². The number of allylic oxidation sites excluding steroid dienone is 3. The lowest BCUT2D eigenvalue weighted by Gasteiger charge is -2.26. The van der Waals surface area contributed by atoms with E-state index in [1.54, 1.807) is 10.7 Å². The second-order valence-electron chi connectivity index (χ2n) is 9.02. The minimum atomic E-state index is -0.491. The molecule has 2 aromatic carbocycles. The Bertz CT molecular complexity index is 1360. The Balaban J connectivity index is 1.30. The zero-order valence-electron chi connectivity index (χ0n) is 20.7. The number of urea groups is 1. The van der Waals surface area contributed by atoms with Crippen LogP contribution in [0.25, 0.3) is 11.4 Å². The number of nitrogens with zero attached hydrogens (tertiary/aromatic N) is 4. The molecule has 0 N–H and O–H groups in total. The Kier molecular flexibility index (Phi) is 7.35. The lowest BCUT2D eigenvalue weighted by atomic mass is 9.94. The summed E-state index contributed by atoms with van der Waals surface area (Å²) >= 11 is 0. The largest absolute Gasteiger partial charge is 0.501 e. The van der Waals surface area contributed by atoms with Crippen LogP contribution in [0.1, 0.15) is 37.6 Å². The van der Waals surface area contributed by atoms with E-state index in [-0.39, 0.29) is 18.5 Å². The van der Waals surface area contributed by atoms with Crippen LogP contribution in [-0.2, 0) is 17.9 Å². The van der Waals surface area contributed by atoms with Gasteiger partial charge in [-0.3, -0.25) is 0 Å².